The molecule has 0 bridgehead atoms. The van der Waals surface area contributed by atoms with E-state index in [9.17, 15) is 9.11 Å². The van der Waals surface area contributed by atoms with Crippen molar-refractivity contribution in [3.63, 3.8) is 0 Å². The monoisotopic (exact) mass is 229 g/mol. The fourth-order valence-electron chi connectivity index (χ4n) is 0.885. The van der Waals surface area contributed by atoms with Crippen molar-refractivity contribution < 1.29 is 13.4 Å². The zero-order chi connectivity index (χ0) is 11.5. The summed E-state index contributed by atoms with van der Waals surface area (Å²) in [5.41, 5.74) is 1.67. The van der Waals surface area contributed by atoms with E-state index < -0.39 is 10.9 Å². The van der Waals surface area contributed by atoms with Gasteiger partial charge in [-0.25, -0.2) is 0 Å². The maximum absolute atomic E-state index is 9.64. The molecule has 0 saturated carbocycles. The number of aryl methyl sites for hydroxylation is 1. The second kappa shape index (κ2) is 4.65. The molecule has 0 aromatic heterocycles. The van der Waals surface area contributed by atoms with Crippen molar-refractivity contribution in [3.05, 3.63) is 29.8 Å². The van der Waals surface area contributed by atoms with Crippen molar-refractivity contribution in [2.24, 2.45) is 5.16 Å². The van der Waals surface area contributed by atoms with Crippen LogP contribution in [0, 0.1) is 6.92 Å². The molecule has 0 unspecified atom stereocenters. The molecular weight excluding hydrogens is 214 g/mol. The quantitative estimate of drug-likeness (QED) is 0.616. The highest BCUT2D eigenvalue weighted by atomic mass is 32.3. The van der Waals surface area contributed by atoms with E-state index in [0.717, 1.165) is 5.56 Å². The molecule has 0 heterocycles. The second-order valence-electron chi connectivity index (χ2n) is 3.42. The van der Waals surface area contributed by atoms with E-state index in [1.807, 2.05) is 6.92 Å². The summed E-state index contributed by atoms with van der Waals surface area (Å²) in [6, 6.07) is 6.81. The van der Waals surface area contributed by atoms with Crippen LogP contribution in [0.1, 0.15) is 19.4 Å². The molecule has 0 fully saturated rings. The average Bonchev–Trinajstić information content (AvgIpc) is 2.16. The Morgan fingerprint density at radius 2 is 1.73 bits per heavy atom. The van der Waals surface area contributed by atoms with Crippen LogP contribution in [0.3, 0.4) is 0 Å². The van der Waals surface area contributed by atoms with Crippen LogP contribution >= 0.6 is 10.9 Å². The van der Waals surface area contributed by atoms with Gasteiger partial charge in [-0.2, -0.15) is 0 Å². The topological polar surface area (TPSA) is 62.0 Å². The lowest BCUT2D eigenvalue weighted by atomic mass is 10.2. The van der Waals surface area contributed by atoms with Crippen LogP contribution < -0.4 is 0 Å². The lowest BCUT2D eigenvalue weighted by Gasteiger charge is -2.23. The number of rotatable bonds is 3. The van der Waals surface area contributed by atoms with E-state index in [4.69, 9.17) is 4.28 Å². The Balaban J connectivity index is 2.85. The predicted octanol–water partition coefficient (Wildman–Crippen LogP) is 3.43. The Hall–Kier alpha value is -1.04. The number of benzene rings is 1. The molecule has 0 aliphatic heterocycles. The number of oxime groups is 1. The number of nitrogens with zero attached hydrogens (tertiary/aromatic N) is 1. The predicted molar refractivity (Wildman–Crippen MR) is 62.2 cm³/mol. The van der Waals surface area contributed by atoms with Crippen LogP contribution in [0.15, 0.2) is 34.3 Å². The zero-order valence-electron chi connectivity index (χ0n) is 8.97. The van der Waals surface area contributed by atoms with Crippen LogP contribution in [0.25, 0.3) is 0 Å². The van der Waals surface area contributed by atoms with Crippen molar-refractivity contribution in [1.29, 1.82) is 0 Å². The van der Waals surface area contributed by atoms with Crippen molar-refractivity contribution >= 4 is 16.6 Å². The molecule has 84 valence electrons. The summed E-state index contributed by atoms with van der Waals surface area (Å²) < 4.78 is 24.0. The smallest absolute Gasteiger partial charge is 0.186 e. The van der Waals surface area contributed by atoms with Gasteiger partial charge >= 0.3 is 0 Å². The molecule has 2 N–H and O–H groups in total. The van der Waals surface area contributed by atoms with E-state index in [1.54, 1.807) is 38.1 Å². The van der Waals surface area contributed by atoms with Crippen LogP contribution in [0.5, 0.6) is 0 Å². The fourth-order valence-corrected chi connectivity index (χ4v) is 1.71. The summed E-state index contributed by atoms with van der Waals surface area (Å²) in [5, 5.41) is 3.55. The van der Waals surface area contributed by atoms with Crippen molar-refractivity contribution in [2.45, 2.75) is 25.7 Å². The summed E-state index contributed by atoms with van der Waals surface area (Å²) in [4.78, 5) is 0.332. The molecule has 0 spiro atoms. The maximum atomic E-state index is 9.64. The lowest BCUT2D eigenvalue weighted by Crippen LogP contribution is -2.00. The minimum atomic E-state index is -3.26. The first-order valence-corrected chi connectivity index (χ1v) is 5.94. The third-order valence-corrected chi connectivity index (χ3v) is 2.82. The largest absolute Gasteiger partial charge is 0.294 e. The van der Waals surface area contributed by atoms with Gasteiger partial charge in [0.05, 0.1) is 10.6 Å². The van der Waals surface area contributed by atoms with E-state index in [2.05, 4.69) is 5.16 Å². The first-order valence-electron chi connectivity index (χ1n) is 4.46. The van der Waals surface area contributed by atoms with E-state index in [1.165, 1.54) is 0 Å². The van der Waals surface area contributed by atoms with Gasteiger partial charge in [0.15, 0.2) is 10.9 Å². The summed E-state index contributed by atoms with van der Waals surface area (Å²) in [6.45, 7) is 5.35. The van der Waals surface area contributed by atoms with Gasteiger partial charge in [0.25, 0.3) is 0 Å². The Bertz CT molecular complexity index is 355. The SMILES string of the molecule is CC(C)=NOS(O)(O)c1ccc(C)cc1. The maximum Gasteiger partial charge on any atom is 0.186 e. The molecule has 5 heteroatoms. The van der Waals surface area contributed by atoms with Gasteiger partial charge in [-0.05, 0) is 32.9 Å². The zero-order valence-corrected chi connectivity index (χ0v) is 9.78. The molecule has 0 saturated heterocycles. The Labute approximate surface area is 91.1 Å². The summed E-state index contributed by atoms with van der Waals surface area (Å²) in [6.07, 6.45) is 0. The molecule has 1 aromatic rings. The van der Waals surface area contributed by atoms with E-state index >= 15 is 0 Å². The normalized spacial score (nSPS) is 12.1. The highest BCUT2D eigenvalue weighted by molar-refractivity contribution is 8.20. The Kier molecular flexibility index (Phi) is 3.73. The summed E-state index contributed by atoms with van der Waals surface area (Å²) in [7, 11) is -3.26. The van der Waals surface area contributed by atoms with Crippen LogP contribution in [-0.4, -0.2) is 14.8 Å². The molecule has 0 amide bonds. The van der Waals surface area contributed by atoms with Crippen molar-refractivity contribution in [3.8, 4) is 0 Å². The van der Waals surface area contributed by atoms with E-state index in [-0.39, 0.29) is 0 Å². The molecule has 0 radical (unpaired) electrons. The van der Waals surface area contributed by atoms with Crippen LogP contribution in [0.2, 0.25) is 0 Å². The van der Waals surface area contributed by atoms with E-state index in [0.29, 0.717) is 10.6 Å². The molecule has 0 aliphatic rings. The summed E-state index contributed by atoms with van der Waals surface area (Å²) >= 11 is 0. The Morgan fingerprint density at radius 3 is 2.20 bits per heavy atom. The van der Waals surface area contributed by atoms with Gasteiger partial charge in [-0.3, -0.25) is 13.4 Å². The fraction of sp³-hybridized carbons (Fsp3) is 0.300. The van der Waals surface area contributed by atoms with Crippen molar-refractivity contribution in [2.75, 3.05) is 0 Å². The minimum absolute atomic E-state index is 0.332. The minimum Gasteiger partial charge on any atom is -0.294 e. The highest BCUT2D eigenvalue weighted by Gasteiger charge is 2.21. The van der Waals surface area contributed by atoms with Gasteiger partial charge in [0.2, 0.25) is 0 Å². The molecule has 0 aliphatic carbocycles. The van der Waals surface area contributed by atoms with Gasteiger partial charge in [-0.15, -0.1) is 0 Å². The van der Waals surface area contributed by atoms with Crippen LogP contribution in [-0.2, 0) is 4.28 Å². The second-order valence-corrected chi connectivity index (χ2v) is 5.04. The molecule has 4 nitrogen and oxygen atoms in total. The number of hydrogen-bond donors (Lipinski definition) is 2. The summed E-state index contributed by atoms with van der Waals surface area (Å²) in [5.74, 6) is 0. The van der Waals surface area contributed by atoms with Gasteiger partial charge in [0, 0.05) is 0 Å². The van der Waals surface area contributed by atoms with Crippen LogP contribution in [0.4, 0.5) is 0 Å². The molecule has 15 heavy (non-hydrogen) atoms. The first kappa shape index (κ1) is 12.0. The van der Waals surface area contributed by atoms with Gasteiger partial charge in [-0.1, -0.05) is 22.9 Å². The average molecular weight is 229 g/mol. The van der Waals surface area contributed by atoms with Gasteiger partial charge in [0.1, 0.15) is 0 Å². The molecule has 1 aromatic carbocycles. The number of hydrogen-bond acceptors (Lipinski definition) is 4. The lowest BCUT2D eigenvalue weighted by molar-refractivity contribution is 0.275. The first-order chi connectivity index (χ1) is 6.92. The van der Waals surface area contributed by atoms with Crippen molar-refractivity contribution in [1.82, 2.24) is 0 Å². The third kappa shape index (κ3) is 3.54. The molecule has 0 atom stereocenters. The third-order valence-electron chi connectivity index (χ3n) is 1.65. The molecular formula is C10H15NO3S. The van der Waals surface area contributed by atoms with Gasteiger partial charge < -0.3 is 0 Å². The standard InChI is InChI=1S/C10H15NO3S/c1-8(2)11-14-15(12,13)10-6-4-9(3)5-7-10/h4-7,12-13H,1-3H3. The highest BCUT2D eigenvalue weighted by Crippen LogP contribution is 2.49. The Morgan fingerprint density at radius 1 is 1.20 bits per heavy atom. The molecule has 1 rings (SSSR count).